The van der Waals surface area contributed by atoms with Crippen molar-refractivity contribution in [3.05, 3.63) is 66.4 Å². The standard InChI is InChI=1S/C24H25N7O2/c1-16-3-5-19(21(32)11-16)17-12-26-24-27-14-20(31(24)15-17)23(33)28-22-6-4-18(13-25-22)30-9-7-29(2)8-10-30/h3-6,11-15,32H,7-10H2,1-2H3,(H,25,28,33). The van der Waals surface area contributed by atoms with E-state index >= 15 is 0 Å². The minimum absolute atomic E-state index is 0.159. The largest absolute Gasteiger partial charge is 0.507 e. The highest BCUT2D eigenvalue weighted by Crippen LogP contribution is 2.29. The number of fused-ring (bicyclic) bond motifs is 1. The number of rotatable bonds is 4. The van der Waals surface area contributed by atoms with Crippen LogP contribution in [0.4, 0.5) is 11.5 Å². The molecular formula is C24H25N7O2. The molecule has 168 valence electrons. The van der Waals surface area contributed by atoms with Crippen molar-refractivity contribution >= 4 is 23.2 Å². The Labute approximate surface area is 191 Å². The molecule has 1 saturated heterocycles. The molecule has 0 atom stereocenters. The van der Waals surface area contributed by atoms with Crippen molar-refractivity contribution in [3.63, 3.8) is 0 Å². The minimum atomic E-state index is -0.338. The van der Waals surface area contributed by atoms with Crippen LogP contribution in [-0.4, -0.2) is 68.5 Å². The fraction of sp³-hybridized carbons (Fsp3) is 0.250. The molecule has 9 nitrogen and oxygen atoms in total. The predicted molar refractivity (Wildman–Crippen MR) is 127 cm³/mol. The molecule has 0 aliphatic carbocycles. The molecule has 1 aliphatic rings. The van der Waals surface area contributed by atoms with E-state index in [2.05, 4.69) is 37.1 Å². The first-order valence-electron chi connectivity index (χ1n) is 10.8. The van der Waals surface area contributed by atoms with E-state index in [1.807, 2.05) is 31.2 Å². The third kappa shape index (κ3) is 4.22. The topological polar surface area (TPSA) is 98.9 Å². The van der Waals surface area contributed by atoms with E-state index in [4.69, 9.17) is 0 Å². The van der Waals surface area contributed by atoms with Crippen LogP contribution in [0.1, 0.15) is 16.1 Å². The van der Waals surface area contributed by atoms with Gasteiger partial charge in [0.1, 0.15) is 17.3 Å². The number of pyridine rings is 1. The molecule has 1 aliphatic heterocycles. The average molecular weight is 444 g/mol. The molecule has 1 fully saturated rings. The average Bonchev–Trinajstić information content (AvgIpc) is 3.24. The number of carbonyl (C=O) groups excluding carboxylic acids is 1. The number of imidazole rings is 1. The van der Waals surface area contributed by atoms with Crippen molar-refractivity contribution in [2.45, 2.75) is 6.92 Å². The summed E-state index contributed by atoms with van der Waals surface area (Å²) in [7, 11) is 2.12. The summed E-state index contributed by atoms with van der Waals surface area (Å²) in [4.78, 5) is 30.5. The number of phenolic OH excluding ortho intramolecular Hbond substituents is 1. The maximum atomic E-state index is 13.0. The first-order valence-corrected chi connectivity index (χ1v) is 10.8. The van der Waals surface area contributed by atoms with Gasteiger partial charge >= 0.3 is 0 Å². The molecule has 4 aromatic rings. The van der Waals surface area contributed by atoms with Gasteiger partial charge in [-0.05, 0) is 37.7 Å². The number of hydrogen-bond donors (Lipinski definition) is 2. The zero-order valence-corrected chi connectivity index (χ0v) is 18.6. The molecule has 0 radical (unpaired) electrons. The van der Waals surface area contributed by atoms with Crippen LogP contribution >= 0.6 is 0 Å². The van der Waals surface area contributed by atoms with Gasteiger partial charge < -0.3 is 20.2 Å². The number of aromatic nitrogens is 4. The van der Waals surface area contributed by atoms with Crippen LogP contribution < -0.4 is 10.2 Å². The summed E-state index contributed by atoms with van der Waals surface area (Å²) < 4.78 is 1.61. The van der Waals surface area contributed by atoms with Crippen LogP contribution in [0.15, 0.2) is 55.1 Å². The van der Waals surface area contributed by atoms with Crippen molar-refractivity contribution in [2.24, 2.45) is 0 Å². The second kappa shape index (κ2) is 8.51. The summed E-state index contributed by atoms with van der Waals surface area (Å²) in [5, 5.41) is 13.2. The summed E-state index contributed by atoms with van der Waals surface area (Å²) in [5.74, 6) is 0.684. The molecular weight excluding hydrogens is 418 g/mol. The lowest BCUT2D eigenvalue weighted by atomic mass is 10.1. The van der Waals surface area contributed by atoms with Crippen molar-refractivity contribution in [2.75, 3.05) is 43.4 Å². The minimum Gasteiger partial charge on any atom is -0.507 e. The quantitative estimate of drug-likeness (QED) is 0.500. The van der Waals surface area contributed by atoms with E-state index in [1.165, 1.54) is 6.20 Å². The van der Waals surface area contributed by atoms with Crippen LogP contribution in [0.5, 0.6) is 5.75 Å². The Morgan fingerprint density at radius 2 is 1.79 bits per heavy atom. The third-order valence-corrected chi connectivity index (χ3v) is 5.92. The molecule has 2 N–H and O–H groups in total. The van der Waals surface area contributed by atoms with Crippen molar-refractivity contribution in [1.29, 1.82) is 0 Å². The van der Waals surface area contributed by atoms with Gasteiger partial charge in [-0.25, -0.2) is 15.0 Å². The monoisotopic (exact) mass is 443 g/mol. The number of benzene rings is 1. The number of nitrogens with one attached hydrogen (secondary N) is 1. The third-order valence-electron chi connectivity index (χ3n) is 5.92. The van der Waals surface area contributed by atoms with Crippen molar-refractivity contribution < 1.29 is 9.90 Å². The molecule has 5 rings (SSSR count). The number of hydrogen-bond acceptors (Lipinski definition) is 7. The van der Waals surface area contributed by atoms with Gasteiger partial charge in [-0.15, -0.1) is 0 Å². The first kappa shape index (κ1) is 20.9. The zero-order chi connectivity index (χ0) is 22.9. The number of aromatic hydroxyl groups is 1. The number of piperazine rings is 1. The molecule has 0 spiro atoms. The molecule has 0 saturated carbocycles. The Bertz CT molecular complexity index is 1310. The fourth-order valence-electron chi connectivity index (χ4n) is 3.96. The van der Waals surface area contributed by atoms with E-state index in [0.29, 0.717) is 28.4 Å². The maximum Gasteiger partial charge on any atom is 0.275 e. The molecule has 9 heteroatoms. The Morgan fingerprint density at radius 1 is 1.00 bits per heavy atom. The van der Waals surface area contributed by atoms with Crippen LogP contribution in [0.2, 0.25) is 0 Å². The molecule has 0 unspecified atom stereocenters. The number of phenols is 1. The number of likely N-dealkylation sites (N-methyl/N-ethyl adjacent to an activating group) is 1. The Kier molecular flexibility index (Phi) is 5.39. The second-order valence-corrected chi connectivity index (χ2v) is 8.32. The Morgan fingerprint density at radius 3 is 2.52 bits per heavy atom. The van der Waals surface area contributed by atoms with Crippen LogP contribution in [0.3, 0.4) is 0 Å². The summed E-state index contributed by atoms with van der Waals surface area (Å²) in [5.41, 5.74) is 3.65. The van der Waals surface area contributed by atoms with Gasteiger partial charge in [0.25, 0.3) is 5.91 Å². The SMILES string of the molecule is Cc1ccc(-c2cnc3ncc(C(=O)Nc4ccc(N5CCN(C)CC5)cn4)n3c2)c(O)c1. The highest BCUT2D eigenvalue weighted by Gasteiger charge is 2.17. The van der Waals surface area contributed by atoms with E-state index in [-0.39, 0.29) is 11.7 Å². The van der Waals surface area contributed by atoms with E-state index in [9.17, 15) is 9.90 Å². The van der Waals surface area contributed by atoms with Gasteiger partial charge in [-0.2, -0.15) is 0 Å². The van der Waals surface area contributed by atoms with Crippen LogP contribution in [-0.2, 0) is 0 Å². The molecule has 33 heavy (non-hydrogen) atoms. The lowest BCUT2D eigenvalue weighted by molar-refractivity contribution is 0.102. The van der Waals surface area contributed by atoms with Gasteiger partial charge in [0.05, 0.1) is 18.1 Å². The Balaban J connectivity index is 1.36. The van der Waals surface area contributed by atoms with Gasteiger partial charge in [0.15, 0.2) is 0 Å². The lowest BCUT2D eigenvalue weighted by Gasteiger charge is -2.33. The normalized spacial score (nSPS) is 14.5. The number of aryl methyl sites for hydroxylation is 1. The van der Waals surface area contributed by atoms with Gasteiger partial charge in [0, 0.05) is 49.7 Å². The molecule has 0 bridgehead atoms. The second-order valence-electron chi connectivity index (χ2n) is 8.32. The van der Waals surface area contributed by atoms with E-state index in [0.717, 1.165) is 37.4 Å². The lowest BCUT2D eigenvalue weighted by Crippen LogP contribution is -2.44. The molecule has 4 heterocycles. The number of amides is 1. The summed E-state index contributed by atoms with van der Waals surface area (Å²) in [6.45, 7) is 5.86. The van der Waals surface area contributed by atoms with Crippen molar-refractivity contribution in [3.8, 4) is 16.9 Å². The van der Waals surface area contributed by atoms with Gasteiger partial charge in [0.2, 0.25) is 5.78 Å². The number of carbonyl (C=O) groups is 1. The van der Waals surface area contributed by atoms with Crippen molar-refractivity contribution in [1.82, 2.24) is 24.3 Å². The number of nitrogens with zero attached hydrogens (tertiary/aromatic N) is 6. The zero-order valence-electron chi connectivity index (χ0n) is 18.6. The highest BCUT2D eigenvalue weighted by molar-refractivity contribution is 6.03. The van der Waals surface area contributed by atoms with E-state index in [1.54, 1.807) is 29.1 Å². The maximum absolute atomic E-state index is 13.0. The highest BCUT2D eigenvalue weighted by atomic mass is 16.3. The summed E-state index contributed by atoms with van der Waals surface area (Å²) in [6.07, 6.45) is 6.65. The predicted octanol–water partition coefficient (Wildman–Crippen LogP) is 2.81. The van der Waals surface area contributed by atoms with Crippen LogP contribution in [0, 0.1) is 6.92 Å². The Hall–Kier alpha value is -3.98. The summed E-state index contributed by atoms with van der Waals surface area (Å²) in [6, 6.07) is 9.22. The molecule has 1 amide bonds. The fourth-order valence-corrected chi connectivity index (χ4v) is 3.96. The van der Waals surface area contributed by atoms with Crippen LogP contribution in [0.25, 0.3) is 16.9 Å². The molecule has 1 aromatic carbocycles. The molecule has 3 aromatic heterocycles. The van der Waals surface area contributed by atoms with Gasteiger partial charge in [-0.3, -0.25) is 9.20 Å². The first-order chi connectivity index (χ1) is 16.0. The van der Waals surface area contributed by atoms with E-state index < -0.39 is 0 Å². The van der Waals surface area contributed by atoms with Gasteiger partial charge in [-0.1, -0.05) is 12.1 Å². The summed E-state index contributed by atoms with van der Waals surface area (Å²) >= 11 is 0. The smallest absolute Gasteiger partial charge is 0.275 e. The number of anilines is 2.